The van der Waals surface area contributed by atoms with Crippen molar-refractivity contribution in [2.75, 3.05) is 44.8 Å². The zero-order valence-electron chi connectivity index (χ0n) is 21.5. The van der Waals surface area contributed by atoms with Crippen LogP contribution in [-0.2, 0) is 11.3 Å². The predicted molar refractivity (Wildman–Crippen MR) is 149 cm³/mol. The lowest BCUT2D eigenvalue weighted by molar-refractivity contribution is 0.144. The van der Waals surface area contributed by atoms with Crippen LogP contribution in [0.2, 0.25) is 0 Å². The topological polar surface area (TPSA) is 84.5 Å². The van der Waals surface area contributed by atoms with Gasteiger partial charge in [-0.2, -0.15) is 4.98 Å². The van der Waals surface area contributed by atoms with Crippen molar-refractivity contribution in [2.24, 2.45) is 0 Å². The summed E-state index contributed by atoms with van der Waals surface area (Å²) in [4.78, 5) is 15.3. The first-order valence-corrected chi connectivity index (χ1v) is 13.4. The Morgan fingerprint density at radius 2 is 1.95 bits per heavy atom. The van der Waals surface area contributed by atoms with E-state index in [-0.39, 0.29) is 0 Å². The standard InChI is InChI=1S/C30H33N5O3/c1-4-16-36-21-23-19-24(9-10-27(23)38-18-15-35-13-2-3-14-35)32-30-33-28(26-11-12-31-29(26)34-30)22-7-6-8-25(20-22)37-17-5-1/h1,4,6-12,19-20H,2-3,5,13-18,21H2,(H2,31,32,33,34)/b4-1+. The Balaban J connectivity index is 1.31. The minimum atomic E-state index is 0.446. The molecule has 0 atom stereocenters. The largest absolute Gasteiger partial charge is 0.493 e. The molecule has 4 heterocycles. The molecular formula is C30H33N5O3. The van der Waals surface area contributed by atoms with Crippen LogP contribution in [0.5, 0.6) is 11.5 Å². The number of hydrogen-bond acceptors (Lipinski definition) is 7. The Morgan fingerprint density at radius 3 is 2.89 bits per heavy atom. The fourth-order valence-corrected chi connectivity index (χ4v) is 4.95. The van der Waals surface area contributed by atoms with Gasteiger partial charge >= 0.3 is 0 Å². The molecule has 2 aromatic carbocycles. The van der Waals surface area contributed by atoms with Crippen molar-refractivity contribution in [1.82, 2.24) is 19.9 Å². The number of benzene rings is 2. The van der Waals surface area contributed by atoms with Crippen molar-refractivity contribution >= 4 is 22.7 Å². The maximum Gasteiger partial charge on any atom is 0.229 e. The molecule has 8 nitrogen and oxygen atoms in total. The highest BCUT2D eigenvalue weighted by molar-refractivity contribution is 5.92. The van der Waals surface area contributed by atoms with E-state index in [1.54, 1.807) is 0 Å². The molecule has 0 unspecified atom stereocenters. The number of hydrogen-bond donors (Lipinski definition) is 2. The first kappa shape index (κ1) is 24.5. The predicted octanol–water partition coefficient (Wildman–Crippen LogP) is 5.70. The van der Waals surface area contributed by atoms with Gasteiger partial charge in [-0.25, -0.2) is 4.98 Å². The highest BCUT2D eigenvalue weighted by atomic mass is 16.5. The number of nitrogens with zero attached hydrogens (tertiary/aromatic N) is 3. The van der Waals surface area contributed by atoms with E-state index in [1.165, 1.54) is 12.8 Å². The second-order valence-electron chi connectivity index (χ2n) is 9.63. The Bertz CT molecular complexity index is 1410. The van der Waals surface area contributed by atoms with Gasteiger partial charge in [0.1, 0.15) is 23.8 Å². The summed E-state index contributed by atoms with van der Waals surface area (Å²) in [6.45, 7) is 5.49. The molecule has 2 aromatic heterocycles. The van der Waals surface area contributed by atoms with Crippen LogP contribution >= 0.6 is 0 Å². The van der Waals surface area contributed by atoms with Gasteiger partial charge in [-0.1, -0.05) is 24.3 Å². The summed E-state index contributed by atoms with van der Waals surface area (Å²) < 4.78 is 18.2. The fourth-order valence-electron chi connectivity index (χ4n) is 4.95. The molecule has 2 N–H and O–H groups in total. The normalized spacial score (nSPS) is 17.3. The Morgan fingerprint density at radius 1 is 1.00 bits per heavy atom. The number of fused-ring (bicyclic) bond motifs is 9. The van der Waals surface area contributed by atoms with Crippen molar-refractivity contribution in [2.45, 2.75) is 25.9 Å². The maximum atomic E-state index is 6.21. The maximum absolute atomic E-state index is 6.21. The highest BCUT2D eigenvalue weighted by Crippen LogP contribution is 2.31. The van der Waals surface area contributed by atoms with Crippen LogP contribution < -0.4 is 14.8 Å². The molecular weight excluding hydrogens is 478 g/mol. The van der Waals surface area contributed by atoms with Crippen LogP contribution in [0.4, 0.5) is 11.6 Å². The highest BCUT2D eigenvalue weighted by Gasteiger charge is 2.15. The number of aromatic nitrogens is 3. The van der Waals surface area contributed by atoms with E-state index in [0.717, 1.165) is 71.1 Å². The van der Waals surface area contributed by atoms with E-state index in [1.807, 2.05) is 54.7 Å². The molecule has 8 heteroatoms. The minimum absolute atomic E-state index is 0.446. The third-order valence-corrected chi connectivity index (χ3v) is 6.90. The lowest BCUT2D eigenvalue weighted by atomic mass is 10.1. The van der Waals surface area contributed by atoms with Crippen LogP contribution in [0.1, 0.15) is 24.8 Å². The summed E-state index contributed by atoms with van der Waals surface area (Å²) in [5, 5.41) is 4.36. The van der Waals surface area contributed by atoms with E-state index < -0.39 is 0 Å². The average Bonchev–Trinajstić information content (AvgIpc) is 3.63. The van der Waals surface area contributed by atoms with Crippen molar-refractivity contribution in [3.8, 4) is 22.8 Å². The van der Waals surface area contributed by atoms with Gasteiger partial charge < -0.3 is 24.5 Å². The number of anilines is 2. The van der Waals surface area contributed by atoms with Gasteiger partial charge in [-0.05, 0) is 68.8 Å². The number of ether oxygens (including phenoxy) is 3. The van der Waals surface area contributed by atoms with Crippen LogP contribution in [0.25, 0.3) is 22.3 Å². The van der Waals surface area contributed by atoms with Gasteiger partial charge in [0, 0.05) is 34.9 Å². The summed E-state index contributed by atoms with van der Waals surface area (Å²) in [6, 6.07) is 16.1. The Labute approximate surface area is 222 Å². The van der Waals surface area contributed by atoms with Crippen molar-refractivity contribution < 1.29 is 14.2 Å². The van der Waals surface area contributed by atoms with E-state index in [0.29, 0.717) is 32.4 Å². The molecule has 196 valence electrons. The lowest BCUT2D eigenvalue weighted by Gasteiger charge is -2.17. The van der Waals surface area contributed by atoms with E-state index in [2.05, 4.69) is 27.3 Å². The number of likely N-dealkylation sites (tertiary alicyclic amines) is 1. The summed E-state index contributed by atoms with van der Waals surface area (Å²) in [7, 11) is 0. The lowest BCUT2D eigenvalue weighted by Crippen LogP contribution is -2.25. The third-order valence-electron chi connectivity index (χ3n) is 6.90. The molecule has 1 saturated heterocycles. The molecule has 6 rings (SSSR count). The van der Waals surface area contributed by atoms with Gasteiger partial charge in [-0.3, -0.25) is 4.90 Å². The molecule has 0 spiro atoms. The molecule has 1 fully saturated rings. The summed E-state index contributed by atoms with van der Waals surface area (Å²) >= 11 is 0. The van der Waals surface area contributed by atoms with Crippen LogP contribution in [0.15, 0.2) is 66.9 Å². The SMILES string of the molecule is C1=C/COCc2cc(ccc2OCCN2CCCC2)Nc2nc(c3cc[nH]c3n2)-c2cccc(c2)OCC/1. The Kier molecular flexibility index (Phi) is 7.51. The molecule has 38 heavy (non-hydrogen) atoms. The number of rotatable bonds is 4. The molecule has 0 amide bonds. The van der Waals surface area contributed by atoms with E-state index in [4.69, 9.17) is 24.2 Å². The first-order chi connectivity index (χ1) is 18.8. The number of aromatic amines is 1. The quantitative estimate of drug-likeness (QED) is 0.340. The van der Waals surface area contributed by atoms with Crippen molar-refractivity contribution in [1.29, 1.82) is 0 Å². The molecule has 6 bridgehead atoms. The van der Waals surface area contributed by atoms with Gasteiger partial charge in [0.2, 0.25) is 5.95 Å². The zero-order valence-corrected chi connectivity index (χ0v) is 21.5. The van der Waals surface area contributed by atoms with Gasteiger partial charge in [0.25, 0.3) is 0 Å². The first-order valence-electron chi connectivity index (χ1n) is 13.4. The van der Waals surface area contributed by atoms with Crippen LogP contribution in [0.3, 0.4) is 0 Å². The summed E-state index contributed by atoms with van der Waals surface area (Å²) in [5.74, 6) is 2.18. The van der Waals surface area contributed by atoms with Crippen LogP contribution in [0, 0.1) is 0 Å². The monoisotopic (exact) mass is 511 g/mol. The molecule has 0 aliphatic carbocycles. The Hall–Kier alpha value is -3.88. The molecule has 2 aliphatic rings. The molecule has 4 aromatic rings. The number of nitrogens with one attached hydrogen (secondary N) is 2. The van der Waals surface area contributed by atoms with Gasteiger partial charge in [0.15, 0.2) is 0 Å². The van der Waals surface area contributed by atoms with Gasteiger partial charge in [-0.15, -0.1) is 0 Å². The van der Waals surface area contributed by atoms with Crippen LogP contribution in [-0.4, -0.2) is 59.3 Å². The molecule has 0 saturated carbocycles. The number of H-pyrrole nitrogens is 1. The van der Waals surface area contributed by atoms with E-state index in [9.17, 15) is 0 Å². The van der Waals surface area contributed by atoms with E-state index >= 15 is 0 Å². The second kappa shape index (κ2) is 11.7. The summed E-state index contributed by atoms with van der Waals surface area (Å²) in [5.41, 5.74) is 4.46. The summed E-state index contributed by atoms with van der Waals surface area (Å²) in [6.07, 6.45) is 9.39. The van der Waals surface area contributed by atoms with Crippen molar-refractivity contribution in [3.05, 3.63) is 72.4 Å². The minimum Gasteiger partial charge on any atom is -0.493 e. The fraction of sp³-hybridized carbons (Fsp3) is 0.333. The smallest absolute Gasteiger partial charge is 0.229 e. The average molecular weight is 512 g/mol. The van der Waals surface area contributed by atoms with Gasteiger partial charge in [0.05, 0.1) is 25.5 Å². The third kappa shape index (κ3) is 5.82. The second-order valence-corrected chi connectivity index (χ2v) is 9.63. The van der Waals surface area contributed by atoms with Crippen molar-refractivity contribution in [3.63, 3.8) is 0 Å². The molecule has 2 aliphatic heterocycles. The zero-order chi connectivity index (χ0) is 25.6. The molecule has 0 radical (unpaired) electrons.